The Morgan fingerprint density at radius 3 is 2.88 bits per heavy atom. The Morgan fingerprint density at radius 1 is 1.29 bits per heavy atom. The maximum Gasteiger partial charge on any atom is 0.410 e. The van der Waals surface area contributed by atoms with E-state index >= 15 is 0 Å². The average molecular weight is 333 g/mol. The summed E-state index contributed by atoms with van der Waals surface area (Å²) in [5, 5.41) is 7.32. The third-order valence-corrected chi connectivity index (χ3v) is 5.29. The summed E-state index contributed by atoms with van der Waals surface area (Å²) in [6, 6.07) is 0. The van der Waals surface area contributed by atoms with Gasteiger partial charge in [-0.15, -0.1) is 0 Å². The topological polar surface area (TPSA) is 81.8 Å². The van der Waals surface area contributed by atoms with Crippen molar-refractivity contribution < 1.29 is 14.3 Å². The van der Waals surface area contributed by atoms with Crippen LogP contribution in [0.3, 0.4) is 0 Å². The highest BCUT2D eigenvalue weighted by Gasteiger charge is 2.47. The van der Waals surface area contributed by atoms with Crippen molar-refractivity contribution in [2.75, 3.05) is 40.3 Å². The van der Waals surface area contributed by atoms with Gasteiger partial charge in [-0.3, -0.25) is 9.89 Å². The monoisotopic (exact) mass is 333 g/mol. The molecule has 2 fully saturated rings. The van der Waals surface area contributed by atoms with E-state index in [9.17, 15) is 9.59 Å². The zero-order valence-electron chi connectivity index (χ0n) is 14.2. The lowest BCUT2D eigenvalue weighted by Gasteiger charge is -2.38. The molecule has 1 spiro atoms. The highest BCUT2D eigenvalue weighted by Crippen LogP contribution is 2.32. The van der Waals surface area contributed by atoms with Crippen LogP contribution in [0.25, 0.3) is 0 Å². The van der Waals surface area contributed by atoms with Crippen molar-refractivity contribution in [3.63, 3.8) is 0 Å². The van der Waals surface area contributed by atoms with Crippen LogP contribution in [0.4, 0.5) is 4.79 Å². The van der Waals surface area contributed by atoms with Crippen molar-refractivity contribution >= 4 is 12.0 Å². The maximum absolute atomic E-state index is 13.0. The van der Waals surface area contributed by atoms with Crippen LogP contribution in [-0.4, -0.2) is 82.8 Å². The van der Waals surface area contributed by atoms with Crippen LogP contribution >= 0.6 is 0 Å². The molecule has 0 radical (unpaired) electrons. The Labute approximate surface area is 140 Å². The van der Waals surface area contributed by atoms with Crippen LogP contribution in [0, 0.1) is 0 Å². The van der Waals surface area contributed by atoms with Crippen molar-refractivity contribution in [1.29, 1.82) is 0 Å². The number of fused-ring (bicyclic) bond motifs is 1. The normalized spacial score (nSPS) is 27.5. The van der Waals surface area contributed by atoms with Crippen molar-refractivity contribution in [2.45, 2.75) is 31.4 Å². The lowest BCUT2D eigenvalue weighted by Crippen LogP contribution is -2.52. The van der Waals surface area contributed by atoms with E-state index in [1.165, 1.54) is 0 Å². The molecule has 4 rings (SSSR count). The minimum atomic E-state index is -0.563. The molecule has 2 amide bonds. The molecule has 130 valence electrons. The van der Waals surface area contributed by atoms with Crippen molar-refractivity contribution in [3.05, 3.63) is 17.0 Å². The minimum absolute atomic E-state index is 0.0625. The summed E-state index contributed by atoms with van der Waals surface area (Å²) in [6.07, 6.45) is 2.22. The van der Waals surface area contributed by atoms with Gasteiger partial charge < -0.3 is 19.4 Å². The molecular formula is C16H23N5O3. The van der Waals surface area contributed by atoms with E-state index < -0.39 is 5.60 Å². The average Bonchev–Trinajstić information content (AvgIpc) is 3.07. The van der Waals surface area contributed by atoms with E-state index in [1.807, 2.05) is 7.05 Å². The summed E-state index contributed by atoms with van der Waals surface area (Å²) in [5.74, 6) is -0.0625. The van der Waals surface area contributed by atoms with Crippen LogP contribution in [0.2, 0.25) is 0 Å². The Balaban J connectivity index is 1.55. The molecular weight excluding hydrogens is 310 g/mol. The molecule has 1 N–H and O–H groups in total. The van der Waals surface area contributed by atoms with Gasteiger partial charge in [0.2, 0.25) is 0 Å². The molecule has 3 aliphatic rings. The first-order valence-electron chi connectivity index (χ1n) is 8.45. The third kappa shape index (κ3) is 2.45. The van der Waals surface area contributed by atoms with Crippen LogP contribution in [0.1, 0.15) is 34.6 Å². The fraction of sp³-hybridized carbons (Fsp3) is 0.688. The van der Waals surface area contributed by atoms with Gasteiger partial charge in [0.05, 0.1) is 13.1 Å². The van der Waals surface area contributed by atoms with E-state index in [-0.39, 0.29) is 12.0 Å². The molecule has 8 nitrogen and oxygen atoms in total. The SMILES string of the molecule is CN1CCc2[nH]nc(C(=O)N3CCC[C@@]4(CN(C)C(=O)O4)C3)c2C1. The summed E-state index contributed by atoms with van der Waals surface area (Å²) in [4.78, 5) is 30.3. The van der Waals surface area contributed by atoms with E-state index in [1.54, 1.807) is 16.8 Å². The lowest BCUT2D eigenvalue weighted by atomic mass is 9.92. The summed E-state index contributed by atoms with van der Waals surface area (Å²) in [5.41, 5.74) is 2.03. The number of carbonyl (C=O) groups is 2. The molecule has 2 saturated heterocycles. The van der Waals surface area contributed by atoms with Crippen LogP contribution < -0.4 is 0 Å². The Kier molecular flexibility index (Phi) is 3.52. The van der Waals surface area contributed by atoms with Gasteiger partial charge in [0.25, 0.3) is 5.91 Å². The number of likely N-dealkylation sites (N-methyl/N-ethyl adjacent to an activating group) is 2. The predicted molar refractivity (Wildman–Crippen MR) is 85.6 cm³/mol. The molecule has 0 aliphatic carbocycles. The molecule has 3 aliphatic heterocycles. The molecule has 0 aromatic carbocycles. The zero-order chi connectivity index (χ0) is 16.9. The second kappa shape index (κ2) is 5.47. The summed E-state index contributed by atoms with van der Waals surface area (Å²) >= 11 is 0. The number of aromatic amines is 1. The Bertz CT molecular complexity index is 687. The van der Waals surface area contributed by atoms with Gasteiger partial charge in [0.15, 0.2) is 5.69 Å². The largest absolute Gasteiger partial charge is 0.439 e. The zero-order valence-corrected chi connectivity index (χ0v) is 14.2. The first-order valence-corrected chi connectivity index (χ1v) is 8.45. The molecule has 1 atom stereocenters. The number of hydrogen-bond acceptors (Lipinski definition) is 5. The predicted octanol–water partition coefficient (Wildman–Crippen LogP) is 0.454. The first kappa shape index (κ1) is 15.4. The smallest absolute Gasteiger partial charge is 0.410 e. The Morgan fingerprint density at radius 2 is 2.12 bits per heavy atom. The molecule has 1 aromatic rings. The number of H-pyrrole nitrogens is 1. The number of aromatic nitrogens is 2. The highest BCUT2D eigenvalue weighted by molar-refractivity contribution is 5.94. The van der Waals surface area contributed by atoms with E-state index in [2.05, 4.69) is 15.1 Å². The molecule has 4 heterocycles. The summed E-state index contributed by atoms with van der Waals surface area (Å²) in [7, 11) is 3.78. The summed E-state index contributed by atoms with van der Waals surface area (Å²) < 4.78 is 5.59. The summed E-state index contributed by atoms with van der Waals surface area (Å²) in [6.45, 7) is 3.37. The maximum atomic E-state index is 13.0. The molecule has 1 aromatic heterocycles. The quantitative estimate of drug-likeness (QED) is 0.807. The van der Waals surface area contributed by atoms with Crippen LogP contribution in [-0.2, 0) is 17.7 Å². The standard InChI is InChI=1S/C16H23N5O3/c1-19-7-4-12-11(8-19)13(18-17-12)14(22)21-6-3-5-16(10-21)9-20(2)15(23)24-16/h3-10H2,1-2H3,(H,17,18)/t16-/m1/s1. The van der Waals surface area contributed by atoms with Gasteiger partial charge >= 0.3 is 6.09 Å². The van der Waals surface area contributed by atoms with Gasteiger partial charge in [-0.05, 0) is 19.9 Å². The first-order chi connectivity index (χ1) is 11.5. The van der Waals surface area contributed by atoms with Crippen LogP contribution in [0.15, 0.2) is 0 Å². The number of piperidine rings is 1. The number of ether oxygens (including phenoxy) is 1. The van der Waals surface area contributed by atoms with Gasteiger partial charge in [0.1, 0.15) is 5.60 Å². The van der Waals surface area contributed by atoms with Gasteiger partial charge in [0, 0.05) is 44.4 Å². The number of rotatable bonds is 1. The number of nitrogens with zero attached hydrogens (tertiary/aromatic N) is 4. The number of nitrogens with one attached hydrogen (secondary N) is 1. The van der Waals surface area contributed by atoms with Gasteiger partial charge in [-0.25, -0.2) is 4.79 Å². The van der Waals surface area contributed by atoms with Crippen molar-refractivity contribution in [3.8, 4) is 0 Å². The van der Waals surface area contributed by atoms with Crippen molar-refractivity contribution in [1.82, 2.24) is 24.9 Å². The number of carbonyl (C=O) groups excluding carboxylic acids is 2. The third-order valence-electron chi connectivity index (χ3n) is 5.29. The van der Waals surface area contributed by atoms with Gasteiger partial charge in [-0.2, -0.15) is 5.10 Å². The highest BCUT2D eigenvalue weighted by atomic mass is 16.6. The van der Waals surface area contributed by atoms with Gasteiger partial charge in [-0.1, -0.05) is 0 Å². The fourth-order valence-corrected chi connectivity index (χ4v) is 4.03. The number of likely N-dealkylation sites (tertiary alicyclic amines) is 1. The lowest BCUT2D eigenvalue weighted by molar-refractivity contribution is -0.00548. The minimum Gasteiger partial charge on any atom is -0.439 e. The van der Waals surface area contributed by atoms with E-state index in [4.69, 9.17) is 4.74 Å². The van der Waals surface area contributed by atoms with E-state index in [0.29, 0.717) is 25.3 Å². The Hall–Kier alpha value is -2.09. The van der Waals surface area contributed by atoms with E-state index in [0.717, 1.165) is 43.6 Å². The second-order valence-corrected chi connectivity index (χ2v) is 7.25. The molecule has 0 bridgehead atoms. The molecule has 0 saturated carbocycles. The molecule has 24 heavy (non-hydrogen) atoms. The molecule has 0 unspecified atom stereocenters. The number of amides is 2. The molecule has 8 heteroatoms. The van der Waals surface area contributed by atoms with Crippen LogP contribution in [0.5, 0.6) is 0 Å². The fourth-order valence-electron chi connectivity index (χ4n) is 4.03. The van der Waals surface area contributed by atoms with Crippen molar-refractivity contribution in [2.24, 2.45) is 0 Å². The number of hydrogen-bond donors (Lipinski definition) is 1. The second-order valence-electron chi connectivity index (χ2n) is 7.25.